The number of hydrogen-bond donors (Lipinski definition) is 1. The first kappa shape index (κ1) is 18.9. The number of para-hydroxylation sites is 2. The van der Waals surface area contributed by atoms with Crippen molar-refractivity contribution in [3.05, 3.63) is 58.6 Å². The number of non-ortho nitro benzene ring substituents is 1. The van der Waals surface area contributed by atoms with Crippen LogP contribution in [0.4, 0.5) is 11.4 Å². The van der Waals surface area contributed by atoms with Gasteiger partial charge in [-0.2, -0.15) is 0 Å². The molecule has 1 atom stereocenters. The molecule has 2 aromatic rings. The van der Waals surface area contributed by atoms with Crippen LogP contribution in [-0.2, 0) is 0 Å². The number of hydrogen-bond acceptors (Lipinski definition) is 5. The highest BCUT2D eigenvalue weighted by Gasteiger charge is 2.24. The smallest absolute Gasteiger partial charge is 0.269 e. The van der Waals surface area contributed by atoms with Crippen LogP contribution in [0.3, 0.4) is 0 Å². The van der Waals surface area contributed by atoms with Gasteiger partial charge in [-0.1, -0.05) is 19.1 Å². The van der Waals surface area contributed by atoms with Gasteiger partial charge in [-0.25, -0.2) is 0 Å². The molecule has 8 heteroatoms. The number of nitro benzene ring substituents is 1. The Hall–Kier alpha value is -2.87. The van der Waals surface area contributed by atoms with E-state index in [1.165, 1.54) is 12.1 Å². The van der Waals surface area contributed by atoms with Crippen molar-refractivity contribution in [1.29, 1.82) is 0 Å². The van der Waals surface area contributed by atoms with Crippen molar-refractivity contribution in [2.24, 2.45) is 0 Å². The van der Waals surface area contributed by atoms with Crippen LogP contribution in [0.5, 0.6) is 11.5 Å². The average molecular weight is 387 g/mol. The number of ether oxygens (including phenoxy) is 2. The summed E-state index contributed by atoms with van der Waals surface area (Å²) in [6.07, 6.45) is 0.787. The fourth-order valence-electron chi connectivity index (χ4n) is 2.81. The molecule has 0 fully saturated rings. The second kappa shape index (κ2) is 8.68. The molecule has 0 saturated heterocycles. The lowest BCUT2D eigenvalue weighted by atomic mass is 10.2. The summed E-state index contributed by atoms with van der Waals surface area (Å²) in [4.78, 5) is 12.4. The molecule has 27 heavy (non-hydrogen) atoms. The molecule has 1 N–H and O–H groups in total. The SMILES string of the molecule is CCCN(C[C@@H]1COc2ccccc2O1)C(=S)Nc1ccc([N+](=O)[O-])cc1. The lowest BCUT2D eigenvalue weighted by Crippen LogP contribution is -2.45. The van der Waals surface area contributed by atoms with Crippen molar-refractivity contribution in [3.63, 3.8) is 0 Å². The largest absolute Gasteiger partial charge is 0.486 e. The monoisotopic (exact) mass is 387 g/mol. The summed E-state index contributed by atoms with van der Waals surface area (Å²) in [5.74, 6) is 1.49. The molecular formula is C19H21N3O4S. The molecule has 0 aliphatic carbocycles. The highest BCUT2D eigenvalue weighted by Crippen LogP contribution is 2.31. The third-order valence-corrected chi connectivity index (χ3v) is 4.46. The molecule has 0 saturated carbocycles. The summed E-state index contributed by atoms with van der Waals surface area (Å²) in [7, 11) is 0. The Bertz CT molecular complexity index is 813. The van der Waals surface area contributed by atoms with E-state index in [9.17, 15) is 10.1 Å². The first-order valence-corrected chi connectivity index (χ1v) is 9.16. The Morgan fingerprint density at radius 2 is 1.96 bits per heavy atom. The molecule has 0 bridgehead atoms. The van der Waals surface area contributed by atoms with Gasteiger partial charge in [-0.05, 0) is 42.9 Å². The highest BCUT2D eigenvalue weighted by molar-refractivity contribution is 7.80. The van der Waals surface area contributed by atoms with Crippen LogP contribution in [0.25, 0.3) is 0 Å². The van der Waals surface area contributed by atoms with E-state index in [2.05, 4.69) is 12.2 Å². The summed E-state index contributed by atoms with van der Waals surface area (Å²) in [6.45, 7) is 3.88. The second-order valence-electron chi connectivity index (χ2n) is 6.18. The number of rotatable bonds is 6. The van der Waals surface area contributed by atoms with E-state index in [1.807, 2.05) is 29.2 Å². The van der Waals surface area contributed by atoms with Gasteiger partial charge in [0.05, 0.1) is 11.5 Å². The second-order valence-corrected chi connectivity index (χ2v) is 6.56. The van der Waals surface area contributed by atoms with Gasteiger partial charge in [0.2, 0.25) is 0 Å². The zero-order chi connectivity index (χ0) is 19.2. The van der Waals surface area contributed by atoms with Crippen molar-refractivity contribution >= 4 is 28.7 Å². The summed E-state index contributed by atoms with van der Waals surface area (Å²) in [5, 5.41) is 14.5. The van der Waals surface area contributed by atoms with Crippen LogP contribution in [0, 0.1) is 10.1 Å². The van der Waals surface area contributed by atoms with Crippen molar-refractivity contribution < 1.29 is 14.4 Å². The maximum Gasteiger partial charge on any atom is 0.269 e. The van der Waals surface area contributed by atoms with Crippen molar-refractivity contribution in [1.82, 2.24) is 4.90 Å². The molecule has 0 aromatic heterocycles. The third kappa shape index (κ3) is 4.85. The Morgan fingerprint density at radius 1 is 1.26 bits per heavy atom. The van der Waals surface area contributed by atoms with Crippen LogP contribution < -0.4 is 14.8 Å². The summed E-state index contributed by atoms with van der Waals surface area (Å²) in [5.41, 5.74) is 0.751. The van der Waals surface area contributed by atoms with Gasteiger partial charge in [0.1, 0.15) is 6.61 Å². The van der Waals surface area contributed by atoms with Crippen molar-refractivity contribution in [2.45, 2.75) is 19.4 Å². The Morgan fingerprint density at radius 3 is 2.63 bits per heavy atom. The normalized spacial score (nSPS) is 15.1. The predicted octanol–water partition coefficient (Wildman–Crippen LogP) is 3.84. The average Bonchev–Trinajstić information content (AvgIpc) is 2.68. The third-order valence-electron chi connectivity index (χ3n) is 4.10. The molecule has 0 unspecified atom stereocenters. The van der Waals surface area contributed by atoms with Crippen LogP contribution in [0.15, 0.2) is 48.5 Å². The molecular weight excluding hydrogens is 366 g/mol. The van der Waals surface area contributed by atoms with Gasteiger partial charge in [-0.3, -0.25) is 10.1 Å². The maximum absolute atomic E-state index is 10.8. The summed E-state index contributed by atoms with van der Waals surface area (Å²) in [6, 6.07) is 13.8. The number of nitro groups is 1. The highest BCUT2D eigenvalue weighted by atomic mass is 32.1. The summed E-state index contributed by atoms with van der Waals surface area (Å²) < 4.78 is 11.8. The van der Waals surface area contributed by atoms with E-state index in [4.69, 9.17) is 21.7 Å². The fraction of sp³-hybridized carbons (Fsp3) is 0.316. The lowest BCUT2D eigenvalue weighted by molar-refractivity contribution is -0.384. The first-order chi connectivity index (χ1) is 13.1. The zero-order valence-electron chi connectivity index (χ0n) is 15.0. The van der Waals surface area contributed by atoms with E-state index >= 15 is 0 Å². The molecule has 7 nitrogen and oxygen atoms in total. The van der Waals surface area contributed by atoms with Crippen molar-refractivity contribution in [3.8, 4) is 11.5 Å². The number of nitrogens with zero attached hydrogens (tertiary/aromatic N) is 2. The Balaban J connectivity index is 1.62. The molecule has 0 radical (unpaired) electrons. The van der Waals surface area contributed by atoms with Gasteiger partial charge >= 0.3 is 0 Å². The molecule has 142 valence electrons. The van der Waals surface area contributed by atoms with Gasteiger partial charge in [0.15, 0.2) is 22.7 Å². The Labute approximate surface area is 163 Å². The van der Waals surface area contributed by atoms with Gasteiger partial charge in [0.25, 0.3) is 5.69 Å². The summed E-state index contributed by atoms with van der Waals surface area (Å²) >= 11 is 5.54. The first-order valence-electron chi connectivity index (χ1n) is 8.75. The quantitative estimate of drug-likeness (QED) is 0.458. The zero-order valence-corrected chi connectivity index (χ0v) is 15.8. The van der Waals surface area contributed by atoms with E-state index in [0.717, 1.165) is 24.5 Å². The maximum atomic E-state index is 10.8. The lowest BCUT2D eigenvalue weighted by Gasteiger charge is -2.32. The minimum atomic E-state index is -0.427. The molecule has 1 heterocycles. The molecule has 1 aliphatic heterocycles. The molecule has 1 aliphatic rings. The molecule has 3 rings (SSSR count). The fourth-order valence-corrected chi connectivity index (χ4v) is 3.10. The predicted molar refractivity (Wildman–Crippen MR) is 108 cm³/mol. The minimum absolute atomic E-state index is 0.0447. The Kier molecular flexibility index (Phi) is 6.08. The van der Waals surface area contributed by atoms with Crippen LogP contribution in [0.2, 0.25) is 0 Å². The molecule has 0 spiro atoms. The topological polar surface area (TPSA) is 76.9 Å². The number of fused-ring (bicyclic) bond motifs is 1. The standard InChI is InChI=1S/C19H21N3O4S/c1-2-11-21(12-16-13-25-17-5-3-4-6-18(17)26-16)19(27)20-14-7-9-15(10-8-14)22(23)24/h3-10,16H,2,11-13H2,1H3,(H,20,27)/t16-/m1/s1. The van der Waals surface area contributed by atoms with Gasteiger partial charge < -0.3 is 19.7 Å². The number of anilines is 1. The van der Waals surface area contributed by atoms with Gasteiger partial charge in [-0.15, -0.1) is 0 Å². The number of thiocarbonyl (C=S) groups is 1. The van der Waals surface area contributed by atoms with Crippen LogP contribution in [0.1, 0.15) is 13.3 Å². The van der Waals surface area contributed by atoms with Crippen LogP contribution in [-0.4, -0.2) is 40.7 Å². The minimum Gasteiger partial charge on any atom is -0.486 e. The molecule has 2 aromatic carbocycles. The van der Waals surface area contributed by atoms with E-state index in [0.29, 0.717) is 24.0 Å². The van der Waals surface area contributed by atoms with Gasteiger partial charge in [0, 0.05) is 24.4 Å². The van der Waals surface area contributed by atoms with Crippen molar-refractivity contribution in [2.75, 3.05) is 25.0 Å². The van der Waals surface area contributed by atoms with Crippen LogP contribution >= 0.6 is 12.2 Å². The van der Waals surface area contributed by atoms with E-state index in [1.54, 1.807) is 12.1 Å². The van der Waals surface area contributed by atoms with E-state index in [-0.39, 0.29) is 11.8 Å². The molecule has 0 amide bonds. The van der Waals surface area contributed by atoms with E-state index < -0.39 is 4.92 Å². The number of benzene rings is 2. The number of nitrogens with one attached hydrogen (secondary N) is 1.